The fraction of sp³-hybridized carbons (Fsp3) is 0.348. The molecule has 0 radical (unpaired) electrons. The third-order valence-corrected chi connectivity index (χ3v) is 5.71. The number of hydrogen-bond donors (Lipinski definition) is 2. The van der Waals surface area contributed by atoms with Gasteiger partial charge in [0.2, 0.25) is 5.78 Å². The molecule has 0 bridgehead atoms. The number of aromatic amines is 1. The van der Waals surface area contributed by atoms with Crippen molar-refractivity contribution < 1.29 is 9.69 Å². The number of piperazine rings is 1. The van der Waals surface area contributed by atoms with Crippen LogP contribution in [0.4, 0.5) is 5.69 Å². The third-order valence-electron chi connectivity index (χ3n) is 5.71. The number of hydrogen-bond acceptors (Lipinski definition) is 2. The zero-order valence-electron chi connectivity index (χ0n) is 16.4. The van der Waals surface area contributed by atoms with E-state index in [1.807, 2.05) is 6.20 Å². The lowest BCUT2D eigenvalue weighted by atomic mass is 10.1. The maximum Gasteiger partial charge on any atom is 0.219 e. The molecule has 0 aliphatic carbocycles. The molecule has 1 aromatic heterocycles. The van der Waals surface area contributed by atoms with E-state index in [2.05, 4.69) is 67.1 Å². The van der Waals surface area contributed by atoms with Gasteiger partial charge >= 0.3 is 0 Å². The Kier molecular flexibility index (Phi) is 4.75. The second-order valence-corrected chi connectivity index (χ2v) is 7.88. The molecular formula is C23H28N3O+. The SMILES string of the molecule is Cc1ccc(N2CC[NH+](CC(=O)c3c[nH]c4ccc(C)cc34)CC2)c(C)c1. The Labute approximate surface area is 160 Å². The normalized spacial score (nSPS) is 15.4. The number of nitrogens with one attached hydrogen (secondary N) is 2. The van der Waals surface area contributed by atoms with E-state index in [1.165, 1.54) is 27.3 Å². The van der Waals surface area contributed by atoms with Crippen molar-refractivity contribution in [3.63, 3.8) is 0 Å². The Morgan fingerprint density at radius 1 is 1.04 bits per heavy atom. The van der Waals surface area contributed by atoms with Gasteiger partial charge in [-0.15, -0.1) is 0 Å². The van der Waals surface area contributed by atoms with E-state index in [4.69, 9.17) is 0 Å². The number of carbonyl (C=O) groups is 1. The van der Waals surface area contributed by atoms with Crippen LogP contribution in [0.1, 0.15) is 27.0 Å². The summed E-state index contributed by atoms with van der Waals surface area (Å²) in [4.78, 5) is 20.0. The molecule has 0 saturated carbocycles. The quantitative estimate of drug-likeness (QED) is 0.701. The largest absolute Gasteiger partial charge is 0.360 e. The summed E-state index contributed by atoms with van der Waals surface area (Å²) >= 11 is 0. The second-order valence-electron chi connectivity index (χ2n) is 7.88. The van der Waals surface area contributed by atoms with Gasteiger partial charge in [0, 0.05) is 28.4 Å². The topological polar surface area (TPSA) is 40.5 Å². The Hall–Kier alpha value is -2.59. The Morgan fingerprint density at radius 2 is 1.74 bits per heavy atom. The van der Waals surface area contributed by atoms with Crippen LogP contribution in [0.15, 0.2) is 42.6 Å². The van der Waals surface area contributed by atoms with Gasteiger partial charge in [-0.2, -0.15) is 0 Å². The average molecular weight is 362 g/mol. The van der Waals surface area contributed by atoms with E-state index in [0.29, 0.717) is 6.54 Å². The Bertz CT molecular complexity index is 980. The lowest BCUT2D eigenvalue weighted by Gasteiger charge is -2.34. The van der Waals surface area contributed by atoms with Crippen molar-refractivity contribution in [3.05, 3.63) is 64.8 Å². The van der Waals surface area contributed by atoms with Crippen molar-refractivity contribution in [2.45, 2.75) is 20.8 Å². The number of H-pyrrole nitrogens is 1. The molecule has 0 spiro atoms. The lowest BCUT2D eigenvalue weighted by Crippen LogP contribution is -3.15. The summed E-state index contributed by atoms with van der Waals surface area (Å²) in [7, 11) is 0. The molecule has 1 aliphatic heterocycles. The molecule has 1 saturated heterocycles. The van der Waals surface area contributed by atoms with Crippen LogP contribution in [-0.4, -0.2) is 43.5 Å². The van der Waals surface area contributed by atoms with Gasteiger partial charge in [0.25, 0.3) is 0 Å². The van der Waals surface area contributed by atoms with Gasteiger partial charge < -0.3 is 14.8 Å². The third kappa shape index (κ3) is 3.62. The number of aryl methyl sites for hydroxylation is 3. The predicted octanol–water partition coefficient (Wildman–Crippen LogP) is 2.68. The fourth-order valence-electron chi connectivity index (χ4n) is 4.19. The summed E-state index contributed by atoms with van der Waals surface area (Å²) < 4.78 is 0. The van der Waals surface area contributed by atoms with Crippen LogP contribution >= 0.6 is 0 Å². The zero-order valence-corrected chi connectivity index (χ0v) is 16.4. The molecule has 4 nitrogen and oxygen atoms in total. The highest BCUT2D eigenvalue weighted by Crippen LogP contribution is 2.21. The van der Waals surface area contributed by atoms with Crippen LogP contribution in [0, 0.1) is 20.8 Å². The van der Waals surface area contributed by atoms with Crippen molar-refractivity contribution in [2.24, 2.45) is 0 Å². The number of nitrogens with zero attached hydrogens (tertiary/aromatic N) is 1. The van der Waals surface area contributed by atoms with E-state index < -0.39 is 0 Å². The van der Waals surface area contributed by atoms with Gasteiger partial charge in [0.1, 0.15) is 6.54 Å². The molecule has 2 heterocycles. The summed E-state index contributed by atoms with van der Waals surface area (Å²) in [5, 5.41) is 1.05. The lowest BCUT2D eigenvalue weighted by molar-refractivity contribution is -0.892. The maximum atomic E-state index is 12.9. The number of fused-ring (bicyclic) bond motifs is 1. The van der Waals surface area contributed by atoms with Gasteiger partial charge in [-0.3, -0.25) is 4.79 Å². The molecule has 2 N–H and O–H groups in total. The van der Waals surface area contributed by atoms with E-state index in [-0.39, 0.29) is 5.78 Å². The number of aromatic nitrogens is 1. The van der Waals surface area contributed by atoms with Gasteiger partial charge in [0.15, 0.2) is 0 Å². The predicted molar refractivity (Wildman–Crippen MR) is 111 cm³/mol. The standard InChI is InChI=1S/C23H27N3O/c1-16-5-7-22(18(3)12-16)26-10-8-25(9-11-26)15-23(27)20-14-24-21-6-4-17(2)13-19(20)21/h4-7,12-14,24H,8-11,15H2,1-3H3/p+1. The minimum absolute atomic E-state index is 0.238. The molecule has 0 atom stereocenters. The monoisotopic (exact) mass is 362 g/mol. The minimum Gasteiger partial charge on any atom is -0.360 e. The van der Waals surface area contributed by atoms with Crippen LogP contribution in [0.25, 0.3) is 10.9 Å². The van der Waals surface area contributed by atoms with Crippen molar-refractivity contribution in [2.75, 3.05) is 37.6 Å². The van der Waals surface area contributed by atoms with Crippen LogP contribution in [-0.2, 0) is 0 Å². The highest BCUT2D eigenvalue weighted by molar-refractivity contribution is 6.08. The zero-order chi connectivity index (χ0) is 19.0. The number of Topliss-reactive ketones (excluding diaryl/α,β-unsaturated/α-hetero) is 1. The molecule has 0 amide bonds. The fourth-order valence-corrected chi connectivity index (χ4v) is 4.19. The number of rotatable bonds is 4. The molecule has 1 aliphatic rings. The highest BCUT2D eigenvalue weighted by atomic mass is 16.1. The second kappa shape index (κ2) is 7.20. The molecule has 1 fully saturated rings. The van der Waals surface area contributed by atoms with E-state index in [0.717, 1.165) is 42.6 Å². The summed E-state index contributed by atoms with van der Waals surface area (Å²) in [6.07, 6.45) is 1.87. The first kappa shape index (κ1) is 17.8. The molecule has 0 unspecified atom stereocenters. The number of anilines is 1. The first-order chi connectivity index (χ1) is 13.0. The van der Waals surface area contributed by atoms with Gasteiger partial charge in [-0.25, -0.2) is 0 Å². The summed E-state index contributed by atoms with van der Waals surface area (Å²) in [5.41, 5.74) is 7.03. The van der Waals surface area contributed by atoms with Crippen molar-refractivity contribution >= 4 is 22.4 Å². The molecule has 140 valence electrons. The number of ketones is 1. The molecule has 4 heteroatoms. The minimum atomic E-state index is 0.238. The van der Waals surface area contributed by atoms with Crippen molar-refractivity contribution in [1.29, 1.82) is 0 Å². The summed E-state index contributed by atoms with van der Waals surface area (Å²) in [6.45, 7) is 11.0. The van der Waals surface area contributed by atoms with Gasteiger partial charge in [0.05, 0.1) is 26.2 Å². The van der Waals surface area contributed by atoms with E-state index in [9.17, 15) is 4.79 Å². The van der Waals surface area contributed by atoms with Crippen molar-refractivity contribution in [1.82, 2.24) is 4.98 Å². The van der Waals surface area contributed by atoms with Crippen LogP contribution in [0.3, 0.4) is 0 Å². The number of quaternary nitrogens is 1. The maximum absolute atomic E-state index is 12.9. The Balaban J connectivity index is 1.41. The molecule has 27 heavy (non-hydrogen) atoms. The Morgan fingerprint density at radius 3 is 2.48 bits per heavy atom. The van der Waals surface area contributed by atoms with E-state index in [1.54, 1.807) is 0 Å². The van der Waals surface area contributed by atoms with Crippen LogP contribution < -0.4 is 9.80 Å². The first-order valence-electron chi connectivity index (χ1n) is 9.78. The summed E-state index contributed by atoms with van der Waals surface area (Å²) in [6, 6.07) is 12.9. The smallest absolute Gasteiger partial charge is 0.219 e. The number of carbonyl (C=O) groups excluding carboxylic acids is 1. The average Bonchev–Trinajstić information content (AvgIpc) is 3.06. The molecule has 2 aromatic carbocycles. The molecular weight excluding hydrogens is 334 g/mol. The molecule has 3 aromatic rings. The van der Waals surface area contributed by atoms with E-state index >= 15 is 0 Å². The van der Waals surface area contributed by atoms with Crippen molar-refractivity contribution in [3.8, 4) is 0 Å². The first-order valence-corrected chi connectivity index (χ1v) is 9.78. The number of benzene rings is 2. The van der Waals surface area contributed by atoms with Crippen LogP contribution in [0.5, 0.6) is 0 Å². The highest BCUT2D eigenvalue weighted by Gasteiger charge is 2.24. The van der Waals surface area contributed by atoms with Gasteiger partial charge in [-0.1, -0.05) is 29.3 Å². The molecule has 4 rings (SSSR count). The summed E-state index contributed by atoms with van der Waals surface area (Å²) in [5.74, 6) is 0.238. The van der Waals surface area contributed by atoms with Crippen LogP contribution in [0.2, 0.25) is 0 Å². The van der Waals surface area contributed by atoms with Gasteiger partial charge in [-0.05, 0) is 44.5 Å².